The first-order valence-corrected chi connectivity index (χ1v) is 3.31. The molecule has 0 nitrogen and oxygen atoms in total. The fraction of sp³-hybridized carbons (Fsp3) is 0.625. The summed E-state index contributed by atoms with van der Waals surface area (Å²) in [5, 5.41) is 0. The monoisotopic (exact) mass is 165 g/mol. The summed E-state index contributed by atoms with van der Waals surface area (Å²) < 4.78 is 36.6. The van der Waals surface area contributed by atoms with Crippen molar-refractivity contribution in [3.05, 3.63) is 18.6 Å². The van der Waals surface area contributed by atoms with Gasteiger partial charge in [0.25, 0.3) is 0 Å². The van der Waals surface area contributed by atoms with Crippen LogP contribution in [0.25, 0.3) is 0 Å². The standard InChI is InChI=1S/C8H12F3/c1-3-7(2)8(4-9,5-10)6-11/h3H,1,4-6H2,2H3. The molecule has 0 N–H and O–H groups in total. The SMILES string of the molecule is [CH2]C=C(C)C(CF)(CF)CF. The third kappa shape index (κ3) is 1.98. The molecule has 0 aromatic carbocycles. The molecule has 0 aromatic rings. The summed E-state index contributed by atoms with van der Waals surface area (Å²) in [6, 6.07) is 0. The molecule has 0 saturated heterocycles. The van der Waals surface area contributed by atoms with E-state index in [1.54, 1.807) is 0 Å². The molecule has 0 aliphatic carbocycles. The van der Waals surface area contributed by atoms with E-state index in [0.717, 1.165) is 0 Å². The van der Waals surface area contributed by atoms with Crippen molar-refractivity contribution >= 4 is 0 Å². The highest BCUT2D eigenvalue weighted by atomic mass is 19.1. The van der Waals surface area contributed by atoms with E-state index in [1.165, 1.54) is 13.0 Å². The molecular formula is C8H12F3. The van der Waals surface area contributed by atoms with Gasteiger partial charge in [-0.15, -0.1) is 0 Å². The van der Waals surface area contributed by atoms with E-state index in [0.29, 0.717) is 5.57 Å². The fourth-order valence-corrected chi connectivity index (χ4v) is 0.640. The molecule has 0 heterocycles. The second kappa shape index (κ2) is 4.42. The molecule has 0 unspecified atom stereocenters. The maximum atomic E-state index is 12.2. The molecule has 0 atom stereocenters. The number of halogens is 3. The lowest BCUT2D eigenvalue weighted by Crippen LogP contribution is -2.30. The summed E-state index contributed by atoms with van der Waals surface area (Å²) in [5.74, 6) is 0. The molecule has 3 heteroatoms. The van der Waals surface area contributed by atoms with Gasteiger partial charge in [-0.2, -0.15) is 0 Å². The van der Waals surface area contributed by atoms with E-state index in [1.807, 2.05) is 0 Å². The molecule has 0 saturated carbocycles. The van der Waals surface area contributed by atoms with Crippen LogP contribution in [0.4, 0.5) is 13.2 Å². The van der Waals surface area contributed by atoms with Crippen LogP contribution in [0, 0.1) is 12.3 Å². The van der Waals surface area contributed by atoms with Crippen LogP contribution in [0.1, 0.15) is 6.92 Å². The van der Waals surface area contributed by atoms with Gasteiger partial charge in [-0.1, -0.05) is 11.6 Å². The largest absolute Gasteiger partial charge is 0.250 e. The van der Waals surface area contributed by atoms with Crippen LogP contribution < -0.4 is 0 Å². The van der Waals surface area contributed by atoms with Gasteiger partial charge in [-0.25, -0.2) is 13.2 Å². The lowest BCUT2D eigenvalue weighted by Gasteiger charge is -2.24. The third-order valence-corrected chi connectivity index (χ3v) is 1.91. The minimum absolute atomic E-state index is 0.324. The van der Waals surface area contributed by atoms with Crippen molar-refractivity contribution in [2.45, 2.75) is 6.92 Å². The third-order valence-electron chi connectivity index (χ3n) is 1.91. The Kier molecular flexibility index (Phi) is 4.23. The van der Waals surface area contributed by atoms with Crippen LogP contribution in [-0.2, 0) is 0 Å². The number of rotatable bonds is 4. The summed E-state index contributed by atoms with van der Waals surface area (Å²) in [4.78, 5) is 0. The highest BCUT2D eigenvalue weighted by Crippen LogP contribution is 2.28. The molecule has 1 radical (unpaired) electrons. The maximum absolute atomic E-state index is 12.2. The first-order valence-electron chi connectivity index (χ1n) is 3.31. The van der Waals surface area contributed by atoms with Gasteiger partial charge >= 0.3 is 0 Å². The van der Waals surface area contributed by atoms with Crippen LogP contribution in [0.15, 0.2) is 11.6 Å². The van der Waals surface area contributed by atoms with Crippen molar-refractivity contribution in [3.8, 4) is 0 Å². The van der Waals surface area contributed by atoms with Crippen molar-refractivity contribution in [2.24, 2.45) is 5.41 Å². The van der Waals surface area contributed by atoms with Gasteiger partial charge in [0.1, 0.15) is 20.0 Å². The van der Waals surface area contributed by atoms with Gasteiger partial charge in [-0.05, 0) is 13.8 Å². The first-order chi connectivity index (χ1) is 5.16. The highest BCUT2D eigenvalue weighted by Gasteiger charge is 2.32. The minimum atomic E-state index is -1.57. The highest BCUT2D eigenvalue weighted by molar-refractivity contribution is 5.13. The summed E-state index contributed by atoms with van der Waals surface area (Å²) in [6.07, 6.45) is 1.29. The number of hydrogen-bond donors (Lipinski definition) is 0. The zero-order valence-electron chi connectivity index (χ0n) is 6.54. The van der Waals surface area contributed by atoms with Crippen molar-refractivity contribution in [1.29, 1.82) is 0 Å². The van der Waals surface area contributed by atoms with Gasteiger partial charge in [0.2, 0.25) is 0 Å². The lowest BCUT2D eigenvalue weighted by molar-refractivity contribution is 0.151. The van der Waals surface area contributed by atoms with Crippen molar-refractivity contribution in [2.75, 3.05) is 20.0 Å². The average Bonchev–Trinajstić information content (AvgIpc) is 2.08. The summed E-state index contributed by atoms with van der Waals surface area (Å²) in [6.45, 7) is 1.76. The molecule has 0 spiro atoms. The number of hydrogen-bond acceptors (Lipinski definition) is 0. The number of alkyl halides is 3. The van der Waals surface area contributed by atoms with Crippen LogP contribution in [0.3, 0.4) is 0 Å². The normalized spacial score (nSPS) is 13.7. The Hall–Kier alpha value is -0.470. The quantitative estimate of drug-likeness (QED) is 0.600. The van der Waals surface area contributed by atoms with Crippen LogP contribution >= 0.6 is 0 Å². The van der Waals surface area contributed by atoms with Gasteiger partial charge in [-0.3, -0.25) is 0 Å². The summed E-state index contributed by atoms with van der Waals surface area (Å²) >= 11 is 0. The molecule has 65 valence electrons. The molecular weight excluding hydrogens is 153 g/mol. The van der Waals surface area contributed by atoms with Gasteiger partial charge in [0, 0.05) is 0 Å². The minimum Gasteiger partial charge on any atom is -0.250 e. The number of allylic oxidation sites excluding steroid dienone is 2. The van der Waals surface area contributed by atoms with Gasteiger partial charge in [0.05, 0.1) is 5.41 Å². The zero-order valence-corrected chi connectivity index (χ0v) is 6.54. The Morgan fingerprint density at radius 3 is 1.73 bits per heavy atom. The van der Waals surface area contributed by atoms with Crippen LogP contribution in [-0.4, -0.2) is 20.0 Å². The summed E-state index contributed by atoms with van der Waals surface area (Å²) in [7, 11) is 0. The first kappa shape index (κ1) is 10.5. The topological polar surface area (TPSA) is 0 Å². The van der Waals surface area contributed by atoms with Crippen molar-refractivity contribution in [1.82, 2.24) is 0 Å². The predicted octanol–water partition coefficient (Wildman–Crippen LogP) is 2.66. The van der Waals surface area contributed by atoms with Crippen molar-refractivity contribution < 1.29 is 13.2 Å². The molecule has 0 bridgehead atoms. The van der Waals surface area contributed by atoms with E-state index in [2.05, 4.69) is 6.92 Å². The molecule has 0 fully saturated rings. The fourth-order valence-electron chi connectivity index (χ4n) is 0.640. The second-order valence-corrected chi connectivity index (χ2v) is 2.57. The van der Waals surface area contributed by atoms with E-state index in [4.69, 9.17) is 0 Å². The Labute approximate surface area is 65.1 Å². The maximum Gasteiger partial charge on any atom is 0.104 e. The zero-order chi connectivity index (χ0) is 8.91. The predicted molar refractivity (Wildman–Crippen MR) is 39.5 cm³/mol. The summed E-state index contributed by atoms with van der Waals surface area (Å²) in [5.41, 5.74) is -1.24. The Balaban J connectivity index is 4.54. The van der Waals surface area contributed by atoms with E-state index >= 15 is 0 Å². The van der Waals surface area contributed by atoms with Crippen LogP contribution in [0.5, 0.6) is 0 Å². The van der Waals surface area contributed by atoms with E-state index < -0.39 is 25.4 Å². The molecule has 0 rings (SSSR count). The second-order valence-electron chi connectivity index (χ2n) is 2.57. The Bertz CT molecular complexity index is 128. The molecule has 0 amide bonds. The van der Waals surface area contributed by atoms with Gasteiger partial charge in [0.15, 0.2) is 0 Å². The smallest absolute Gasteiger partial charge is 0.104 e. The van der Waals surface area contributed by atoms with Gasteiger partial charge < -0.3 is 0 Å². The van der Waals surface area contributed by atoms with Crippen LogP contribution in [0.2, 0.25) is 0 Å². The lowest BCUT2D eigenvalue weighted by atomic mass is 9.85. The molecule has 11 heavy (non-hydrogen) atoms. The molecule has 0 aromatic heterocycles. The molecule has 0 aliphatic rings. The van der Waals surface area contributed by atoms with E-state index in [9.17, 15) is 13.2 Å². The molecule has 0 aliphatic heterocycles. The average molecular weight is 165 g/mol. The van der Waals surface area contributed by atoms with Crippen molar-refractivity contribution in [3.63, 3.8) is 0 Å². The Morgan fingerprint density at radius 1 is 1.27 bits per heavy atom. The Morgan fingerprint density at radius 2 is 1.64 bits per heavy atom. The van der Waals surface area contributed by atoms with E-state index in [-0.39, 0.29) is 0 Å².